The Kier molecular flexibility index (Phi) is 7.90. The molecule has 30 heavy (non-hydrogen) atoms. The van der Waals surface area contributed by atoms with Crippen LogP contribution in [0.5, 0.6) is 11.5 Å². The number of benzene rings is 2. The second kappa shape index (κ2) is 10.8. The van der Waals surface area contributed by atoms with Gasteiger partial charge in [0.25, 0.3) is 5.91 Å². The number of ether oxygens (including phenoxy) is 2. The summed E-state index contributed by atoms with van der Waals surface area (Å²) in [6, 6.07) is 15.5. The zero-order valence-corrected chi connectivity index (χ0v) is 17.4. The van der Waals surface area contributed by atoms with Gasteiger partial charge in [-0.25, -0.2) is 0 Å². The fourth-order valence-electron chi connectivity index (χ4n) is 2.53. The molecule has 0 spiro atoms. The van der Waals surface area contributed by atoms with Crippen molar-refractivity contribution in [3.63, 3.8) is 0 Å². The van der Waals surface area contributed by atoms with Gasteiger partial charge in [0.15, 0.2) is 0 Å². The van der Waals surface area contributed by atoms with Crippen molar-refractivity contribution in [3.8, 4) is 11.5 Å². The third kappa shape index (κ3) is 6.35. The van der Waals surface area contributed by atoms with Crippen molar-refractivity contribution in [1.82, 2.24) is 10.3 Å². The van der Waals surface area contributed by atoms with E-state index in [2.05, 4.69) is 10.3 Å². The topological polar surface area (TPSA) is 80.7 Å². The number of nitrogens with zero attached hydrogens (tertiary/aromatic N) is 1. The largest absolute Gasteiger partial charge is 0.489 e. The maximum atomic E-state index is 12.4. The molecule has 0 radical (unpaired) electrons. The second-order valence-electron chi connectivity index (χ2n) is 6.40. The first kappa shape index (κ1) is 21.9. The summed E-state index contributed by atoms with van der Waals surface area (Å²) in [5.41, 5.74) is 1.35. The van der Waals surface area contributed by atoms with E-state index in [9.17, 15) is 9.90 Å². The van der Waals surface area contributed by atoms with Crippen LogP contribution < -0.4 is 14.8 Å². The van der Waals surface area contributed by atoms with Crippen molar-refractivity contribution < 1.29 is 19.4 Å². The maximum Gasteiger partial charge on any atom is 0.251 e. The van der Waals surface area contributed by atoms with Gasteiger partial charge in [0, 0.05) is 30.1 Å². The number of hydrogen-bond donors (Lipinski definition) is 2. The number of pyridine rings is 1. The Hall–Kier alpha value is -2.80. The molecule has 1 amide bonds. The van der Waals surface area contributed by atoms with Crippen LogP contribution in [0.15, 0.2) is 67.0 Å². The van der Waals surface area contributed by atoms with Gasteiger partial charge in [-0.1, -0.05) is 41.4 Å². The van der Waals surface area contributed by atoms with Crippen LogP contribution >= 0.6 is 23.2 Å². The summed E-state index contributed by atoms with van der Waals surface area (Å²) in [4.78, 5) is 16.4. The average Bonchev–Trinajstić information content (AvgIpc) is 2.78. The molecule has 0 saturated carbocycles. The third-order valence-electron chi connectivity index (χ3n) is 4.07. The van der Waals surface area contributed by atoms with Crippen molar-refractivity contribution in [3.05, 3.63) is 88.2 Å². The van der Waals surface area contributed by atoms with E-state index in [-0.39, 0.29) is 24.1 Å². The van der Waals surface area contributed by atoms with E-state index in [1.807, 2.05) is 12.1 Å². The predicted molar refractivity (Wildman–Crippen MR) is 115 cm³/mol. The lowest BCUT2D eigenvalue weighted by Gasteiger charge is -2.14. The number of aliphatic hydroxyl groups is 1. The number of nitrogens with one attached hydrogen (secondary N) is 1. The number of carbonyl (C=O) groups excluding carboxylic acids is 1. The van der Waals surface area contributed by atoms with Gasteiger partial charge >= 0.3 is 0 Å². The van der Waals surface area contributed by atoms with Crippen LogP contribution in [0.25, 0.3) is 0 Å². The van der Waals surface area contributed by atoms with Crippen LogP contribution in [0.4, 0.5) is 0 Å². The highest BCUT2D eigenvalue weighted by Crippen LogP contribution is 2.31. The molecule has 3 aromatic rings. The van der Waals surface area contributed by atoms with E-state index >= 15 is 0 Å². The highest BCUT2D eigenvalue weighted by Gasteiger charge is 2.12. The molecule has 0 bridgehead atoms. The van der Waals surface area contributed by atoms with E-state index in [1.165, 1.54) is 0 Å². The lowest BCUT2D eigenvalue weighted by atomic mass is 10.2. The molecule has 2 N–H and O–H groups in total. The summed E-state index contributed by atoms with van der Waals surface area (Å²) >= 11 is 12.0. The van der Waals surface area contributed by atoms with Crippen LogP contribution in [-0.4, -0.2) is 35.3 Å². The monoisotopic (exact) mass is 446 g/mol. The van der Waals surface area contributed by atoms with E-state index in [1.54, 1.807) is 54.9 Å². The van der Waals surface area contributed by atoms with Gasteiger partial charge in [-0.15, -0.1) is 0 Å². The molecule has 3 rings (SSSR count). The number of halogens is 2. The van der Waals surface area contributed by atoms with Gasteiger partial charge in [-0.2, -0.15) is 0 Å². The number of carbonyl (C=O) groups is 1. The minimum absolute atomic E-state index is 0.0117. The fraction of sp³-hybridized carbons (Fsp3) is 0.182. The summed E-state index contributed by atoms with van der Waals surface area (Å²) in [6.07, 6.45) is 2.49. The summed E-state index contributed by atoms with van der Waals surface area (Å²) < 4.78 is 11.2. The first-order valence-corrected chi connectivity index (χ1v) is 9.93. The number of amides is 1. The summed E-state index contributed by atoms with van der Waals surface area (Å²) in [5, 5.41) is 13.4. The SMILES string of the molecule is O=C(NCC(O)COc1cccc(Cl)c1Cl)c1cccc(OCc2cccnc2)c1. The van der Waals surface area contributed by atoms with Crippen molar-refractivity contribution in [2.45, 2.75) is 12.7 Å². The Morgan fingerprint density at radius 3 is 2.73 bits per heavy atom. The number of aliphatic hydroxyl groups excluding tert-OH is 1. The second-order valence-corrected chi connectivity index (χ2v) is 7.19. The normalized spacial score (nSPS) is 11.6. The fourth-order valence-corrected chi connectivity index (χ4v) is 2.88. The molecule has 1 unspecified atom stereocenters. The van der Waals surface area contributed by atoms with Gasteiger partial charge in [0.2, 0.25) is 0 Å². The van der Waals surface area contributed by atoms with E-state index in [4.69, 9.17) is 32.7 Å². The van der Waals surface area contributed by atoms with Gasteiger partial charge in [-0.3, -0.25) is 9.78 Å². The Balaban J connectivity index is 1.47. The zero-order chi connectivity index (χ0) is 21.3. The Morgan fingerprint density at radius 1 is 1.10 bits per heavy atom. The minimum atomic E-state index is -0.922. The van der Waals surface area contributed by atoms with Gasteiger partial charge in [0.1, 0.15) is 35.8 Å². The first-order chi connectivity index (χ1) is 14.5. The highest BCUT2D eigenvalue weighted by molar-refractivity contribution is 6.42. The molecule has 6 nitrogen and oxygen atoms in total. The quantitative estimate of drug-likeness (QED) is 0.516. The molecule has 2 aromatic carbocycles. The standard InChI is InChI=1S/C22H20Cl2N2O4/c23-19-7-2-8-20(21(19)24)30-14-17(27)12-26-22(28)16-5-1-6-18(10-16)29-13-15-4-3-9-25-11-15/h1-11,17,27H,12-14H2,(H,26,28). The van der Waals surface area contributed by atoms with E-state index < -0.39 is 6.10 Å². The average molecular weight is 447 g/mol. The molecule has 1 atom stereocenters. The maximum absolute atomic E-state index is 12.4. The summed E-state index contributed by atoms with van der Waals surface area (Å²) in [6.45, 7) is 0.313. The van der Waals surface area contributed by atoms with Crippen molar-refractivity contribution in [2.75, 3.05) is 13.2 Å². The molecular weight excluding hydrogens is 427 g/mol. The molecule has 1 aromatic heterocycles. The molecular formula is C22H20Cl2N2O4. The van der Waals surface area contributed by atoms with Crippen LogP contribution in [0.3, 0.4) is 0 Å². The molecule has 0 saturated heterocycles. The summed E-state index contributed by atoms with van der Waals surface area (Å²) in [7, 11) is 0. The zero-order valence-electron chi connectivity index (χ0n) is 15.9. The molecule has 156 valence electrons. The third-order valence-corrected chi connectivity index (χ3v) is 4.87. The summed E-state index contributed by atoms with van der Waals surface area (Å²) in [5.74, 6) is 0.598. The molecule has 8 heteroatoms. The van der Waals surface area contributed by atoms with Crippen molar-refractivity contribution in [2.24, 2.45) is 0 Å². The minimum Gasteiger partial charge on any atom is -0.489 e. The van der Waals surface area contributed by atoms with Crippen LogP contribution in [0, 0.1) is 0 Å². The van der Waals surface area contributed by atoms with Crippen LogP contribution in [0.2, 0.25) is 10.0 Å². The molecule has 0 aliphatic heterocycles. The van der Waals surface area contributed by atoms with Gasteiger partial charge in [0.05, 0.1) is 5.02 Å². The lowest BCUT2D eigenvalue weighted by molar-refractivity contribution is 0.0843. The highest BCUT2D eigenvalue weighted by atomic mass is 35.5. The Labute approximate surface area is 184 Å². The van der Waals surface area contributed by atoms with Crippen LogP contribution in [-0.2, 0) is 6.61 Å². The van der Waals surface area contributed by atoms with Gasteiger partial charge < -0.3 is 19.9 Å². The lowest BCUT2D eigenvalue weighted by Crippen LogP contribution is -2.35. The first-order valence-electron chi connectivity index (χ1n) is 9.18. The smallest absolute Gasteiger partial charge is 0.251 e. The van der Waals surface area contributed by atoms with Crippen LogP contribution in [0.1, 0.15) is 15.9 Å². The number of aromatic nitrogens is 1. The van der Waals surface area contributed by atoms with E-state index in [0.717, 1.165) is 5.56 Å². The molecule has 0 aliphatic rings. The Morgan fingerprint density at radius 2 is 1.93 bits per heavy atom. The molecule has 0 fully saturated rings. The Bertz CT molecular complexity index is 986. The van der Waals surface area contributed by atoms with Gasteiger partial charge in [-0.05, 0) is 36.4 Å². The van der Waals surface area contributed by atoms with E-state index in [0.29, 0.717) is 28.7 Å². The number of rotatable bonds is 9. The van der Waals surface area contributed by atoms with Crippen molar-refractivity contribution >= 4 is 29.1 Å². The van der Waals surface area contributed by atoms with Crippen molar-refractivity contribution in [1.29, 1.82) is 0 Å². The predicted octanol–water partition coefficient (Wildman–Crippen LogP) is 4.14. The molecule has 0 aliphatic carbocycles. The molecule has 1 heterocycles. The number of hydrogen-bond acceptors (Lipinski definition) is 5.